The van der Waals surface area contributed by atoms with Crippen LogP contribution in [0.2, 0.25) is 5.02 Å². The molecular formula is C15H11BrClN3O5. The number of hydrazone groups is 1. The number of non-ortho nitro benzene ring substituents is 1. The number of nitrogens with zero attached hydrogens (tertiary/aromatic N) is 2. The minimum absolute atomic E-state index is 0.0892. The molecule has 0 aliphatic carbocycles. The van der Waals surface area contributed by atoms with Crippen LogP contribution in [0.15, 0.2) is 46.0 Å². The van der Waals surface area contributed by atoms with E-state index >= 15 is 0 Å². The standard InChI is InChI=1S/C15H11BrClN3O5/c16-10-1-4-14(12(17)6-10)25-8-15(22)19-18-7-9-5-11(20(23)24)2-3-13(9)21/h1-7,21H,8H2,(H,19,22). The van der Waals surface area contributed by atoms with E-state index in [9.17, 15) is 20.0 Å². The van der Waals surface area contributed by atoms with Crippen LogP contribution in [-0.2, 0) is 4.79 Å². The third kappa shape index (κ3) is 5.44. The van der Waals surface area contributed by atoms with Crippen molar-refractivity contribution in [3.05, 3.63) is 61.6 Å². The Bertz CT molecular complexity index is 844. The van der Waals surface area contributed by atoms with Gasteiger partial charge in [0.05, 0.1) is 16.2 Å². The van der Waals surface area contributed by atoms with Crippen LogP contribution in [0.4, 0.5) is 5.69 Å². The summed E-state index contributed by atoms with van der Waals surface area (Å²) in [7, 11) is 0. The smallest absolute Gasteiger partial charge is 0.277 e. The molecule has 0 aliphatic heterocycles. The first-order chi connectivity index (χ1) is 11.9. The first kappa shape index (κ1) is 18.7. The highest BCUT2D eigenvalue weighted by Gasteiger charge is 2.09. The summed E-state index contributed by atoms with van der Waals surface area (Å²) in [5.74, 6) is -0.443. The number of carbonyl (C=O) groups is 1. The normalized spacial score (nSPS) is 10.6. The number of halogens is 2. The Kier molecular flexibility index (Phi) is 6.31. The lowest BCUT2D eigenvalue weighted by molar-refractivity contribution is -0.384. The van der Waals surface area contributed by atoms with Crippen molar-refractivity contribution in [1.82, 2.24) is 5.43 Å². The van der Waals surface area contributed by atoms with Crippen LogP contribution >= 0.6 is 27.5 Å². The van der Waals surface area contributed by atoms with Crippen LogP contribution in [0.3, 0.4) is 0 Å². The Hall–Kier alpha value is -2.65. The van der Waals surface area contributed by atoms with E-state index in [1.807, 2.05) is 0 Å². The zero-order valence-electron chi connectivity index (χ0n) is 12.5. The van der Waals surface area contributed by atoms with Crippen LogP contribution in [0.25, 0.3) is 0 Å². The molecule has 0 unspecified atom stereocenters. The molecule has 0 fully saturated rings. The molecule has 8 nitrogen and oxygen atoms in total. The van der Waals surface area contributed by atoms with Gasteiger partial charge in [0.25, 0.3) is 11.6 Å². The molecular weight excluding hydrogens is 418 g/mol. The predicted molar refractivity (Wildman–Crippen MR) is 95.1 cm³/mol. The highest BCUT2D eigenvalue weighted by Crippen LogP contribution is 2.27. The molecule has 0 bridgehead atoms. The number of benzene rings is 2. The fourth-order valence-electron chi connectivity index (χ4n) is 1.70. The monoisotopic (exact) mass is 427 g/mol. The molecule has 0 heterocycles. The molecule has 0 aliphatic rings. The van der Waals surface area contributed by atoms with Gasteiger partial charge in [0.1, 0.15) is 11.5 Å². The number of nitro benzene ring substituents is 1. The summed E-state index contributed by atoms with van der Waals surface area (Å²) in [6.45, 7) is -0.334. The van der Waals surface area contributed by atoms with Gasteiger partial charge in [0.15, 0.2) is 6.61 Å². The van der Waals surface area contributed by atoms with E-state index in [4.69, 9.17) is 16.3 Å². The van der Waals surface area contributed by atoms with Crippen molar-refractivity contribution in [1.29, 1.82) is 0 Å². The van der Waals surface area contributed by atoms with Gasteiger partial charge in [0, 0.05) is 22.2 Å². The predicted octanol–water partition coefficient (Wildman–Crippen LogP) is 3.25. The molecule has 0 aromatic heterocycles. The molecule has 0 spiro atoms. The summed E-state index contributed by atoms with van der Waals surface area (Å²) in [4.78, 5) is 21.8. The van der Waals surface area contributed by atoms with Gasteiger partial charge < -0.3 is 9.84 Å². The molecule has 1 amide bonds. The lowest BCUT2D eigenvalue weighted by Gasteiger charge is -2.07. The topological polar surface area (TPSA) is 114 Å². The third-order valence-corrected chi connectivity index (χ3v) is 3.66. The zero-order valence-corrected chi connectivity index (χ0v) is 14.8. The summed E-state index contributed by atoms with van der Waals surface area (Å²) in [6, 6.07) is 8.38. The maximum Gasteiger partial charge on any atom is 0.277 e. The average Bonchev–Trinajstić information content (AvgIpc) is 2.55. The highest BCUT2D eigenvalue weighted by molar-refractivity contribution is 9.10. The fourth-order valence-corrected chi connectivity index (χ4v) is 2.43. The van der Waals surface area contributed by atoms with E-state index in [0.717, 1.165) is 22.8 Å². The minimum atomic E-state index is -0.606. The van der Waals surface area contributed by atoms with Crippen LogP contribution < -0.4 is 10.2 Å². The second-order valence-corrected chi connectivity index (χ2v) is 5.98. The number of nitro groups is 1. The van der Waals surface area contributed by atoms with Crippen LogP contribution in [0.1, 0.15) is 5.56 Å². The van der Waals surface area contributed by atoms with Crippen molar-refractivity contribution in [3.8, 4) is 11.5 Å². The van der Waals surface area contributed by atoms with E-state index < -0.39 is 10.8 Å². The summed E-state index contributed by atoms with van der Waals surface area (Å²) in [5.41, 5.74) is 2.06. The number of phenols is 1. The van der Waals surface area contributed by atoms with E-state index in [0.29, 0.717) is 10.8 Å². The van der Waals surface area contributed by atoms with E-state index in [1.54, 1.807) is 18.2 Å². The van der Waals surface area contributed by atoms with Gasteiger partial charge in [-0.25, -0.2) is 5.43 Å². The number of amides is 1. The first-order valence-corrected chi connectivity index (χ1v) is 7.91. The van der Waals surface area contributed by atoms with Gasteiger partial charge in [-0.15, -0.1) is 0 Å². The molecule has 2 aromatic rings. The summed E-state index contributed by atoms with van der Waals surface area (Å²) in [6.07, 6.45) is 1.09. The van der Waals surface area contributed by atoms with Gasteiger partial charge in [-0.1, -0.05) is 27.5 Å². The largest absolute Gasteiger partial charge is 0.507 e. The second kappa shape index (κ2) is 8.45. The Labute approximate surface area is 155 Å². The summed E-state index contributed by atoms with van der Waals surface area (Å²) in [5, 5.41) is 24.3. The zero-order chi connectivity index (χ0) is 18.4. The number of ether oxygens (including phenoxy) is 1. The van der Waals surface area contributed by atoms with E-state index in [1.165, 1.54) is 6.07 Å². The average molecular weight is 429 g/mol. The van der Waals surface area contributed by atoms with Gasteiger partial charge in [0.2, 0.25) is 0 Å². The number of carbonyl (C=O) groups excluding carboxylic acids is 1. The third-order valence-electron chi connectivity index (χ3n) is 2.87. The van der Waals surface area contributed by atoms with Gasteiger partial charge in [-0.05, 0) is 24.3 Å². The quantitative estimate of drug-likeness (QED) is 0.416. The summed E-state index contributed by atoms with van der Waals surface area (Å²) >= 11 is 9.21. The van der Waals surface area contributed by atoms with Crippen LogP contribution in [-0.4, -0.2) is 28.8 Å². The lowest BCUT2D eigenvalue weighted by atomic mass is 10.2. The molecule has 0 radical (unpaired) electrons. The van der Waals surface area contributed by atoms with E-state index in [2.05, 4.69) is 26.5 Å². The number of phenolic OH excluding ortho intramolecular Hbond substituents is 1. The van der Waals surface area contributed by atoms with Crippen molar-refractivity contribution in [2.24, 2.45) is 5.10 Å². The molecule has 10 heteroatoms. The lowest BCUT2D eigenvalue weighted by Crippen LogP contribution is -2.24. The van der Waals surface area contributed by atoms with Crippen LogP contribution in [0, 0.1) is 10.1 Å². The number of hydrogen-bond acceptors (Lipinski definition) is 6. The molecule has 2 N–H and O–H groups in total. The molecule has 0 saturated heterocycles. The van der Waals surface area contributed by atoms with Crippen molar-refractivity contribution in [3.63, 3.8) is 0 Å². The van der Waals surface area contributed by atoms with Gasteiger partial charge >= 0.3 is 0 Å². The molecule has 2 aromatic carbocycles. The molecule has 2 rings (SSSR count). The van der Waals surface area contributed by atoms with Gasteiger partial charge in [-0.2, -0.15) is 5.10 Å². The highest BCUT2D eigenvalue weighted by atomic mass is 79.9. The SMILES string of the molecule is O=C(COc1ccc(Br)cc1Cl)NN=Cc1cc([N+](=O)[O-])ccc1O. The Morgan fingerprint density at radius 2 is 2.16 bits per heavy atom. The summed E-state index contributed by atoms with van der Waals surface area (Å²) < 4.78 is 6.03. The maximum absolute atomic E-state index is 11.7. The number of aromatic hydroxyl groups is 1. The van der Waals surface area contributed by atoms with Crippen molar-refractivity contribution in [2.45, 2.75) is 0 Å². The second-order valence-electron chi connectivity index (χ2n) is 4.66. The molecule has 0 atom stereocenters. The Balaban J connectivity index is 1.92. The fraction of sp³-hybridized carbons (Fsp3) is 0.0667. The number of hydrogen-bond donors (Lipinski definition) is 2. The molecule has 130 valence electrons. The van der Waals surface area contributed by atoms with E-state index in [-0.39, 0.29) is 23.6 Å². The first-order valence-electron chi connectivity index (χ1n) is 6.74. The molecule has 25 heavy (non-hydrogen) atoms. The Morgan fingerprint density at radius 3 is 2.84 bits per heavy atom. The van der Waals surface area contributed by atoms with Crippen molar-refractivity contribution < 1.29 is 19.6 Å². The van der Waals surface area contributed by atoms with Crippen molar-refractivity contribution >= 4 is 45.3 Å². The van der Waals surface area contributed by atoms with Gasteiger partial charge in [-0.3, -0.25) is 14.9 Å². The molecule has 0 saturated carbocycles. The van der Waals surface area contributed by atoms with Crippen molar-refractivity contribution in [2.75, 3.05) is 6.61 Å². The number of nitrogens with one attached hydrogen (secondary N) is 1. The Morgan fingerprint density at radius 1 is 1.40 bits per heavy atom. The van der Waals surface area contributed by atoms with Crippen LogP contribution in [0.5, 0.6) is 11.5 Å². The number of rotatable bonds is 6. The minimum Gasteiger partial charge on any atom is -0.507 e. The maximum atomic E-state index is 11.7.